The van der Waals surface area contributed by atoms with Crippen molar-refractivity contribution in [3.63, 3.8) is 0 Å². The van der Waals surface area contributed by atoms with Gasteiger partial charge in [0.1, 0.15) is 11.5 Å². The molecule has 2 nitrogen and oxygen atoms in total. The molecule has 0 aliphatic carbocycles. The summed E-state index contributed by atoms with van der Waals surface area (Å²) in [5.74, 6) is -0.585. The van der Waals surface area contributed by atoms with Crippen LogP contribution in [0.3, 0.4) is 0 Å². The van der Waals surface area contributed by atoms with E-state index >= 15 is 0 Å². The van der Waals surface area contributed by atoms with Crippen LogP contribution in [0, 0.1) is 5.82 Å². The second-order valence-corrected chi connectivity index (χ2v) is 4.70. The van der Waals surface area contributed by atoms with Crippen molar-refractivity contribution in [3.05, 3.63) is 50.8 Å². The van der Waals surface area contributed by atoms with Crippen molar-refractivity contribution in [2.24, 2.45) is 0 Å². The van der Waals surface area contributed by atoms with Crippen LogP contribution in [-0.4, -0.2) is 10.1 Å². The van der Waals surface area contributed by atoms with Crippen molar-refractivity contribution in [2.75, 3.05) is 0 Å². The Bertz CT molecular complexity index is 604. The van der Waals surface area contributed by atoms with Gasteiger partial charge < -0.3 is 5.11 Å². The van der Waals surface area contributed by atoms with Crippen molar-refractivity contribution < 1.29 is 9.50 Å². The minimum atomic E-state index is -0.585. The normalized spacial score (nSPS) is 10.7. The van der Waals surface area contributed by atoms with Gasteiger partial charge in [-0.15, -0.1) is 0 Å². The van der Waals surface area contributed by atoms with Crippen LogP contribution in [0.5, 0.6) is 0 Å². The van der Waals surface area contributed by atoms with E-state index in [4.69, 9.17) is 39.9 Å². The molecule has 0 bridgehead atoms. The van der Waals surface area contributed by atoms with Gasteiger partial charge in [-0.3, -0.25) is 0 Å². The van der Waals surface area contributed by atoms with E-state index in [0.29, 0.717) is 5.69 Å². The molecule has 18 heavy (non-hydrogen) atoms. The summed E-state index contributed by atoms with van der Waals surface area (Å²) in [5.41, 5.74) is 0.510. The van der Waals surface area contributed by atoms with E-state index in [1.165, 1.54) is 24.3 Å². The van der Waals surface area contributed by atoms with Gasteiger partial charge in [0.15, 0.2) is 0 Å². The maximum atomic E-state index is 13.8. The Balaban J connectivity index is 2.72. The van der Waals surface area contributed by atoms with Gasteiger partial charge in [0.05, 0.1) is 27.4 Å². The number of aromatic nitrogens is 1. The molecule has 94 valence electrons. The summed E-state index contributed by atoms with van der Waals surface area (Å²) in [7, 11) is 0. The Morgan fingerprint density at radius 1 is 1.06 bits per heavy atom. The van der Waals surface area contributed by atoms with Gasteiger partial charge in [-0.2, -0.15) is 0 Å². The predicted octanol–water partition coefficient (Wildman–Crippen LogP) is 4.34. The van der Waals surface area contributed by atoms with Gasteiger partial charge in [0.25, 0.3) is 0 Å². The number of hydrogen-bond donors (Lipinski definition) is 1. The monoisotopic (exact) mass is 305 g/mol. The van der Waals surface area contributed by atoms with Gasteiger partial charge in [-0.05, 0) is 24.3 Å². The molecule has 0 fully saturated rings. The molecule has 6 heteroatoms. The zero-order valence-electron chi connectivity index (χ0n) is 8.92. The number of hydrogen-bond acceptors (Lipinski definition) is 2. The molecule has 0 unspecified atom stereocenters. The van der Waals surface area contributed by atoms with Crippen molar-refractivity contribution in [2.45, 2.75) is 6.61 Å². The molecule has 0 atom stereocenters. The highest BCUT2D eigenvalue weighted by atomic mass is 35.5. The van der Waals surface area contributed by atoms with E-state index in [9.17, 15) is 4.39 Å². The summed E-state index contributed by atoms with van der Waals surface area (Å²) in [6.07, 6.45) is 0. The van der Waals surface area contributed by atoms with Crippen LogP contribution in [0.2, 0.25) is 15.1 Å². The van der Waals surface area contributed by atoms with Crippen molar-refractivity contribution in [1.82, 2.24) is 4.98 Å². The van der Waals surface area contributed by atoms with E-state index in [1.54, 1.807) is 0 Å². The van der Waals surface area contributed by atoms with E-state index in [2.05, 4.69) is 4.98 Å². The first-order valence-electron chi connectivity index (χ1n) is 4.94. The molecule has 1 aromatic heterocycles. The van der Waals surface area contributed by atoms with Gasteiger partial charge in [0, 0.05) is 5.56 Å². The molecule has 2 aromatic rings. The second-order valence-electron chi connectivity index (χ2n) is 3.51. The standard InChI is InChI=1S/C12H7Cl3FNO/c13-7-2-3-8(14)11(15)10(7)12-9(16)4-1-6(5-18)17-12/h1-4,18H,5H2. The molecule has 0 spiro atoms. The van der Waals surface area contributed by atoms with Crippen LogP contribution in [0.25, 0.3) is 11.3 Å². The zero-order chi connectivity index (χ0) is 13.3. The van der Waals surface area contributed by atoms with Gasteiger partial charge in [-0.25, -0.2) is 9.37 Å². The number of aliphatic hydroxyl groups is 1. The number of halogens is 4. The predicted molar refractivity (Wildman–Crippen MR) is 70.6 cm³/mol. The van der Waals surface area contributed by atoms with Gasteiger partial charge in [0.2, 0.25) is 0 Å². The lowest BCUT2D eigenvalue weighted by Gasteiger charge is -2.10. The highest BCUT2D eigenvalue weighted by Gasteiger charge is 2.17. The molecule has 0 radical (unpaired) electrons. The molecule has 1 heterocycles. The van der Waals surface area contributed by atoms with Crippen molar-refractivity contribution in [1.29, 1.82) is 0 Å². The molecule has 1 aromatic carbocycles. The summed E-state index contributed by atoms with van der Waals surface area (Å²) in [6, 6.07) is 5.61. The molecule has 0 saturated carbocycles. The summed E-state index contributed by atoms with van der Waals surface area (Å²) in [6.45, 7) is -0.302. The number of pyridine rings is 1. The molecule has 0 saturated heterocycles. The lowest BCUT2D eigenvalue weighted by Crippen LogP contribution is -1.96. The Morgan fingerprint density at radius 2 is 1.72 bits per heavy atom. The molecule has 0 aliphatic rings. The fraction of sp³-hybridized carbons (Fsp3) is 0.0833. The van der Waals surface area contributed by atoms with Crippen LogP contribution in [0.15, 0.2) is 24.3 Å². The summed E-state index contributed by atoms with van der Waals surface area (Å²) < 4.78 is 13.8. The number of aliphatic hydroxyl groups excluding tert-OH is 1. The van der Waals surface area contributed by atoms with E-state index in [0.717, 1.165) is 0 Å². The summed E-state index contributed by atoms with van der Waals surface area (Å²) >= 11 is 17.9. The Kier molecular flexibility index (Phi) is 4.07. The van der Waals surface area contributed by atoms with Crippen molar-refractivity contribution in [3.8, 4) is 11.3 Å². The highest BCUT2D eigenvalue weighted by Crippen LogP contribution is 2.39. The zero-order valence-corrected chi connectivity index (χ0v) is 11.2. The average Bonchev–Trinajstić information content (AvgIpc) is 2.36. The SMILES string of the molecule is OCc1ccc(F)c(-c2c(Cl)ccc(Cl)c2Cl)n1. The topological polar surface area (TPSA) is 33.1 Å². The fourth-order valence-electron chi connectivity index (χ4n) is 1.49. The van der Waals surface area contributed by atoms with E-state index < -0.39 is 5.82 Å². The number of benzene rings is 1. The van der Waals surface area contributed by atoms with E-state index in [-0.39, 0.29) is 32.9 Å². The fourth-order valence-corrected chi connectivity index (χ4v) is 2.20. The molecule has 2 rings (SSSR count). The highest BCUT2D eigenvalue weighted by molar-refractivity contribution is 6.46. The smallest absolute Gasteiger partial charge is 0.149 e. The van der Waals surface area contributed by atoms with Crippen molar-refractivity contribution >= 4 is 34.8 Å². The first-order valence-corrected chi connectivity index (χ1v) is 6.08. The summed E-state index contributed by atoms with van der Waals surface area (Å²) in [5, 5.41) is 9.64. The minimum absolute atomic E-state index is 0.0287. The molecule has 0 amide bonds. The first kappa shape index (κ1) is 13.6. The maximum absolute atomic E-state index is 13.8. The third-order valence-corrected chi connectivity index (χ3v) is 3.47. The molecular formula is C12H7Cl3FNO. The Morgan fingerprint density at radius 3 is 2.39 bits per heavy atom. The largest absolute Gasteiger partial charge is 0.390 e. The lowest BCUT2D eigenvalue weighted by atomic mass is 10.1. The molecule has 1 N–H and O–H groups in total. The number of rotatable bonds is 2. The average molecular weight is 307 g/mol. The van der Waals surface area contributed by atoms with Crippen LogP contribution in [0.1, 0.15) is 5.69 Å². The first-order chi connectivity index (χ1) is 8.54. The van der Waals surface area contributed by atoms with Crippen LogP contribution in [-0.2, 0) is 6.61 Å². The Hall–Kier alpha value is -0.870. The van der Waals surface area contributed by atoms with Gasteiger partial charge >= 0.3 is 0 Å². The minimum Gasteiger partial charge on any atom is -0.390 e. The van der Waals surface area contributed by atoms with E-state index in [1.807, 2.05) is 0 Å². The van der Waals surface area contributed by atoms with Crippen LogP contribution >= 0.6 is 34.8 Å². The third-order valence-electron chi connectivity index (χ3n) is 2.35. The lowest BCUT2D eigenvalue weighted by molar-refractivity contribution is 0.276. The number of nitrogens with zero attached hydrogens (tertiary/aromatic N) is 1. The summed E-state index contributed by atoms with van der Waals surface area (Å²) in [4.78, 5) is 3.97. The molecule has 0 aliphatic heterocycles. The molecular weight excluding hydrogens is 299 g/mol. The van der Waals surface area contributed by atoms with Crippen LogP contribution in [0.4, 0.5) is 4.39 Å². The second kappa shape index (κ2) is 5.41. The quantitative estimate of drug-likeness (QED) is 0.837. The Labute approximate surface area is 118 Å². The van der Waals surface area contributed by atoms with Gasteiger partial charge in [-0.1, -0.05) is 34.8 Å². The maximum Gasteiger partial charge on any atom is 0.149 e. The van der Waals surface area contributed by atoms with Crippen LogP contribution < -0.4 is 0 Å². The third kappa shape index (κ3) is 2.45.